The molecule has 0 fully saturated rings. The predicted octanol–water partition coefficient (Wildman–Crippen LogP) is 2.29. The molecule has 0 aliphatic carbocycles. The van der Waals surface area contributed by atoms with Gasteiger partial charge in [-0.2, -0.15) is 0 Å². The SMILES string of the molecule is CC(C)=C/C(C)=C/[O]. The van der Waals surface area contributed by atoms with Gasteiger partial charge in [-0.3, -0.25) is 5.11 Å². The largest absolute Gasteiger partial charge is 0.298 e. The third-order valence-electron chi connectivity index (χ3n) is 0.702. The topological polar surface area (TPSA) is 19.9 Å². The van der Waals surface area contributed by atoms with Crippen molar-refractivity contribution in [1.29, 1.82) is 0 Å². The summed E-state index contributed by atoms with van der Waals surface area (Å²) in [5, 5.41) is 9.96. The number of allylic oxidation sites excluding steroid dienone is 3. The van der Waals surface area contributed by atoms with Gasteiger partial charge in [0.05, 0.1) is 0 Å². The first-order valence-corrected chi connectivity index (χ1v) is 2.60. The van der Waals surface area contributed by atoms with Gasteiger partial charge in [-0.15, -0.1) is 0 Å². The maximum Gasteiger partial charge on any atom is 0.145 e. The van der Waals surface area contributed by atoms with Crippen LogP contribution in [-0.4, -0.2) is 0 Å². The summed E-state index contributed by atoms with van der Waals surface area (Å²) < 4.78 is 0. The summed E-state index contributed by atoms with van der Waals surface area (Å²) in [4.78, 5) is 0. The standard InChI is InChI=1S/C7H11O/c1-6(2)4-7(3)5-8/h4-5H,1-3H3/b7-5+. The Labute approximate surface area is 50.3 Å². The summed E-state index contributed by atoms with van der Waals surface area (Å²) in [5.74, 6) is 0. The van der Waals surface area contributed by atoms with Crippen molar-refractivity contribution >= 4 is 0 Å². The van der Waals surface area contributed by atoms with E-state index >= 15 is 0 Å². The molecule has 1 nitrogen and oxygen atoms in total. The molecule has 0 aromatic carbocycles. The minimum absolute atomic E-state index is 0.782. The van der Waals surface area contributed by atoms with Gasteiger partial charge in [-0.1, -0.05) is 11.6 Å². The minimum atomic E-state index is 0.782. The zero-order chi connectivity index (χ0) is 6.57. The Kier molecular flexibility index (Phi) is 3.01. The molecule has 8 heavy (non-hydrogen) atoms. The molecule has 0 atom stereocenters. The number of hydrogen-bond donors (Lipinski definition) is 0. The molecular weight excluding hydrogens is 100 g/mol. The van der Waals surface area contributed by atoms with Crippen LogP contribution in [-0.2, 0) is 5.11 Å². The fourth-order valence-corrected chi connectivity index (χ4v) is 0.489. The monoisotopic (exact) mass is 111 g/mol. The Morgan fingerprint density at radius 2 is 1.75 bits per heavy atom. The van der Waals surface area contributed by atoms with Gasteiger partial charge in [-0.25, -0.2) is 0 Å². The molecule has 45 valence electrons. The van der Waals surface area contributed by atoms with Crippen molar-refractivity contribution in [3.63, 3.8) is 0 Å². The van der Waals surface area contributed by atoms with Crippen LogP contribution in [0.3, 0.4) is 0 Å². The molecule has 0 rings (SSSR count). The molecule has 0 aliphatic heterocycles. The fraction of sp³-hybridized carbons (Fsp3) is 0.429. The second-order valence-corrected chi connectivity index (χ2v) is 2.08. The van der Waals surface area contributed by atoms with Crippen LogP contribution in [0.1, 0.15) is 20.8 Å². The molecule has 1 heteroatoms. The van der Waals surface area contributed by atoms with Crippen molar-refractivity contribution in [1.82, 2.24) is 0 Å². The van der Waals surface area contributed by atoms with E-state index < -0.39 is 0 Å². The van der Waals surface area contributed by atoms with Crippen molar-refractivity contribution < 1.29 is 5.11 Å². The van der Waals surface area contributed by atoms with Gasteiger partial charge < -0.3 is 0 Å². The van der Waals surface area contributed by atoms with Crippen LogP contribution in [0.4, 0.5) is 0 Å². The molecule has 0 heterocycles. The Morgan fingerprint density at radius 1 is 1.25 bits per heavy atom. The van der Waals surface area contributed by atoms with Crippen molar-refractivity contribution in [3.8, 4) is 0 Å². The molecule has 0 aromatic rings. The van der Waals surface area contributed by atoms with Gasteiger partial charge in [0.2, 0.25) is 0 Å². The average molecular weight is 111 g/mol. The molecule has 0 aliphatic rings. The van der Waals surface area contributed by atoms with Gasteiger partial charge in [-0.05, 0) is 26.3 Å². The highest BCUT2D eigenvalue weighted by atomic mass is 16.2. The van der Waals surface area contributed by atoms with E-state index in [0.29, 0.717) is 0 Å². The first-order valence-electron chi connectivity index (χ1n) is 2.60. The summed E-state index contributed by atoms with van der Waals surface area (Å²) in [6.45, 7) is 5.72. The predicted molar refractivity (Wildman–Crippen MR) is 33.9 cm³/mol. The molecule has 0 bridgehead atoms. The number of rotatable bonds is 1. The summed E-state index contributed by atoms with van der Waals surface area (Å²) >= 11 is 0. The highest BCUT2D eigenvalue weighted by Gasteiger charge is 1.80. The van der Waals surface area contributed by atoms with Crippen molar-refractivity contribution in [2.45, 2.75) is 20.8 Å². The first-order chi connectivity index (χ1) is 3.66. The average Bonchev–Trinajstić information content (AvgIpc) is 1.65. The molecule has 0 amide bonds. The Balaban J connectivity index is 3.89. The van der Waals surface area contributed by atoms with E-state index in [4.69, 9.17) is 0 Å². The molecule has 0 saturated carbocycles. The smallest absolute Gasteiger partial charge is 0.145 e. The molecule has 0 aromatic heterocycles. The van der Waals surface area contributed by atoms with E-state index in [-0.39, 0.29) is 0 Å². The van der Waals surface area contributed by atoms with Gasteiger partial charge >= 0.3 is 0 Å². The lowest BCUT2D eigenvalue weighted by molar-refractivity contribution is 0.348. The summed E-state index contributed by atoms with van der Waals surface area (Å²) in [6.07, 6.45) is 2.71. The summed E-state index contributed by atoms with van der Waals surface area (Å²) in [6, 6.07) is 0. The van der Waals surface area contributed by atoms with Crippen LogP contribution in [0, 0.1) is 0 Å². The molecule has 1 radical (unpaired) electrons. The van der Waals surface area contributed by atoms with Crippen LogP contribution >= 0.6 is 0 Å². The summed E-state index contributed by atoms with van der Waals surface area (Å²) in [7, 11) is 0. The van der Waals surface area contributed by atoms with E-state index in [9.17, 15) is 5.11 Å². The fourth-order valence-electron chi connectivity index (χ4n) is 0.489. The lowest BCUT2D eigenvalue weighted by Gasteiger charge is -1.86. The van der Waals surface area contributed by atoms with E-state index in [2.05, 4.69) is 0 Å². The summed E-state index contributed by atoms with van der Waals surface area (Å²) in [5.41, 5.74) is 1.94. The lowest BCUT2D eigenvalue weighted by Crippen LogP contribution is -1.68. The zero-order valence-corrected chi connectivity index (χ0v) is 5.56. The van der Waals surface area contributed by atoms with E-state index in [1.165, 1.54) is 0 Å². The van der Waals surface area contributed by atoms with Crippen LogP contribution in [0.5, 0.6) is 0 Å². The molecular formula is C7H11O. The van der Waals surface area contributed by atoms with Gasteiger partial charge in [0.1, 0.15) is 6.26 Å². The molecule has 0 spiro atoms. The van der Waals surface area contributed by atoms with Gasteiger partial charge in [0.25, 0.3) is 0 Å². The molecule has 0 unspecified atom stereocenters. The normalized spacial score (nSPS) is 11.1. The second-order valence-electron chi connectivity index (χ2n) is 2.08. The van der Waals surface area contributed by atoms with E-state index in [1.54, 1.807) is 6.92 Å². The second kappa shape index (κ2) is 3.30. The van der Waals surface area contributed by atoms with Crippen LogP contribution in [0.15, 0.2) is 23.5 Å². The van der Waals surface area contributed by atoms with Crippen LogP contribution in [0.25, 0.3) is 0 Å². The van der Waals surface area contributed by atoms with Crippen molar-refractivity contribution in [2.24, 2.45) is 0 Å². The van der Waals surface area contributed by atoms with Gasteiger partial charge in [0, 0.05) is 0 Å². The highest BCUT2D eigenvalue weighted by molar-refractivity contribution is 5.16. The van der Waals surface area contributed by atoms with E-state index in [0.717, 1.165) is 17.4 Å². The van der Waals surface area contributed by atoms with Crippen molar-refractivity contribution in [3.05, 3.63) is 23.5 Å². The first kappa shape index (κ1) is 7.28. The van der Waals surface area contributed by atoms with Gasteiger partial charge in [0.15, 0.2) is 0 Å². The molecule has 0 saturated heterocycles. The third-order valence-corrected chi connectivity index (χ3v) is 0.702. The maximum atomic E-state index is 9.96. The quantitative estimate of drug-likeness (QED) is 0.365. The Morgan fingerprint density at radius 3 is 1.88 bits per heavy atom. The third kappa shape index (κ3) is 3.47. The zero-order valence-electron chi connectivity index (χ0n) is 5.56. The van der Waals surface area contributed by atoms with Crippen LogP contribution in [0.2, 0.25) is 0 Å². The van der Waals surface area contributed by atoms with Crippen molar-refractivity contribution in [2.75, 3.05) is 0 Å². The highest BCUT2D eigenvalue weighted by Crippen LogP contribution is 1.97. The minimum Gasteiger partial charge on any atom is -0.298 e. The lowest BCUT2D eigenvalue weighted by atomic mass is 10.2. The Bertz CT molecular complexity index is 116. The molecule has 0 N–H and O–H groups in total. The van der Waals surface area contributed by atoms with Crippen LogP contribution < -0.4 is 0 Å². The van der Waals surface area contributed by atoms with E-state index in [1.807, 2.05) is 19.9 Å². The number of hydrogen-bond acceptors (Lipinski definition) is 0. The Hall–Kier alpha value is -0.720. The maximum absolute atomic E-state index is 9.96.